The van der Waals surface area contributed by atoms with E-state index in [1.54, 1.807) is 19.1 Å². The van der Waals surface area contributed by atoms with Crippen LogP contribution in [0, 0.1) is 12.7 Å². The van der Waals surface area contributed by atoms with Crippen LogP contribution in [0.5, 0.6) is 0 Å². The summed E-state index contributed by atoms with van der Waals surface area (Å²) < 4.78 is 19.1. The van der Waals surface area contributed by atoms with Crippen LogP contribution in [0.4, 0.5) is 10.1 Å². The first-order chi connectivity index (χ1) is 10.2. The zero-order valence-electron chi connectivity index (χ0n) is 12.1. The number of rotatable bonds is 4. The van der Waals surface area contributed by atoms with Crippen LogP contribution in [0.15, 0.2) is 40.8 Å². The van der Waals surface area contributed by atoms with Crippen molar-refractivity contribution in [1.82, 2.24) is 4.98 Å². The molecule has 1 heterocycles. The average Bonchev–Trinajstić information content (AvgIpc) is 2.90. The summed E-state index contributed by atoms with van der Waals surface area (Å²) in [6.45, 7) is 4.34. The van der Waals surface area contributed by atoms with Gasteiger partial charge in [-0.05, 0) is 42.3 Å². The Balaban J connectivity index is 1.76. The fraction of sp³-hybridized carbons (Fsp3) is 0.235. The third kappa shape index (κ3) is 2.89. The molecule has 0 bridgehead atoms. The molecule has 0 aliphatic heterocycles. The minimum Gasteiger partial charge on any atom is -0.441 e. The van der Waals surface area contributed by atoms with Crippen molar-refractivity contribution in [2.24, 2.45) is 0 Å². The quantitative estimate of drug-likeness (QED) is 0.769. The molecule has 0 saturated heterocycles. The molecule has 1 N–H and O–H groups in total. The summed E-state index contributed by atoms with van der Waals surface area (Å²) in [6.07, 6.45) is 0.778. The molecular formula is C17H17FN2O. The van der Waals surface area contributed by atoms with Crippen molar-refractivity contribution >= 4 is 16.8 Å². The second-order valence-corrected chi connectivity index (χ2v) is 5.08. The average molecular weight is 284 g/mol. The lowest BCUT2D eigenvalue weighted by Gasteiger charge is -2.07. The summed E-state index contributed by atoms with van der Waals surface area (Å²) in [6, 6.07) is 11.1. The Kier molecular flexibility index (Phi) is 3.60. The van der Waals surface area contributed by atoms with Crippen molar-refractivity contribution in [3.05, 3.63) is 59.2 Å². The number of hydrogen-bond acceptors (Lipinski definition) is 3. The lowest BCUT2D eigenvalue weighted by molar-refractivity contribution is 0.538. The Morgan fingerprint density at radius 2 is 2.05 bits per heavy atom. The zero-order chi connectivity index (χ0) is 14.8. The molecule has 3 nitrogen and oxygen atoms in total. The monoisotopic (exact) mass is 284 g/mol. The molecule has 0 saturated carbocycles. The van der Waals surface area contributed by atoms with Crippen LogP contribution in [0.2, 0.25) is 0 Å². The zero-order valence-corrected chi connectivity index (χ0v) is 12.1. The van der Waals surface area contributed by atoms with Gasteiger partial charge in [0.2, 0.25) is 0 Å². The maximum absolute atomic E-state index is 13.5. The maximum Gasteiger partial charge on any atom is 0.195 e. The molecule has 0 aliphatic carbocycles. The Labute approximate surface area is 122 Å². The number of fused-ring (bicyclic) bond motifs is 1. The van der Waals surface area contributed by atoms with E-state index in [-0.39, 0.29) is 5.82 Å². The van der Waals surface area contributed by atoms with E-state index in [1.165, 1.54) is 0 Å². The maximum atomic E-state index is 13.5. The Bertz CT molecular complexity index is 780. The van der Waals surface area contributed by atoms with E-state index in [1.807, 2.05) is 31.2 Å². The van der Waals surface area contributed by atoms with Gasteiger partial charge >= 0.3 is 0 Å². The van der Waals surface area contributed by atoms with E-state index in [0.717, 1.165) is 34.7 Å². The normalized spacial score (nSPS) is 11.0. The van der Waals surface area contributed by atoms with Crippen molar-refractivity contribution in [2.75, 3.05) is 5.32 Å². The van der Waals surface area contributed by atoms with E-state index in [4.69, 9.17) is 4.42 Å². The van der Waals surface area contributed by atoms with Crippen LogP contribution in [0.25, 0.3) is 11.1 Å². The van der Waals surface area contributed by atoms with Crippen molar-refractivity contribution in [3.8, 4) is 0 Å². The molecule has 4 heteroatoms. The molecule has 0 fully saturated rings. The standard InChI is InChI=1S/C17H17FN2O/c1-3-17-20-15-9-13(6-7-16(15)21-17)19-10-12-5-4-11(2)14(18)8-12/h4-9,19H,3,10H2,1-2H3. The second-order valence-electron chi connectivity index (χ2n) is 5.08. The molecule has 0 amide bonds. The van der Waals surface area contributed by atoms with Crippen molar-refractivity contribution in [3.63, 3.8) is 0 Å². The number of nitrogens with zero attached hydrogens (tertiary/aromatic N) is 1. The largest absolute Gasteiger partial charge is 0.441 e. The highest BCUT2D eigenvalue weighted by Crippen LogP contribution is 2.21. The van der Waals surface area contributed by atoms with E-state index >= 15 is 0 Å². The molecule has 0 aliphatic rings. The van der Waals surface area contributed by atoms with Gasteiger partial charge in [0.15, 0.2) is 11.5 Å². The number of nitrogens with one attached hydrogen (secondary N) is 1. The molecule has 21 heavy (non-hydrogen) atoms. The topological polar surface area (TPSA) is 38.1 Å². The van der Waals surface area contributed by atoms with Gasteiger partial charge < -0.3 is 9.73 Å². The van der Waals surface area contributed by atoms with Gasteiger partial charge in [-0.3, -0.25) is 0 Å². The predicted molar refractivity (Wildman–Crippen MR) is 81.9 cm³/mol. The highest BCUT2D eigenvalue weighted by atomic mass is 19.1. The van der Waals surface area contributed by atoms with Crippen LogP contribution >= 0.6 is 0 Å². The van der Waals surface area contributed by atoms with E-state index in [0.29, 0.717) is 12.1 Å². The highest BCUT2D eigenvalue weighted by Gasteiger charge is 2.05. The van der Waals surface area contributed by atoms with Gasteiger partial charge in [-0.15, -0.1) is 0 Å². The fourth-order valence-corrected chi connectivity index (χ4v) is 2.19. The lowest BCUT2D eigenvalue weighted by atomic mass is 10.1. The summed E-state index contributed by atoms with van der Waals surface area (Å²) in [5, 5.41) is 3.28. The van der Waals surface area contributed by atoms with Crippen molar-refractivity contribution < 1.29 is 8.81 Å². The molecule has 3 rings (SSSR count). The summed E-state index contributed by atoms with van der Waals surface area (Å²) in [7, 11) is 0. The van der Waals surface area contributed by atoms with Gasteiger partial charge in [0.1, 0.15) is 11.3 Å². The smallest absolute Gasteiger partial charge is 0.195 e. The van der Waals surface area contributed by atoms with Gasteiger partial charge in [-0.25, -0.2) is 9.37 Å². The van der Waals surface area contributed by atoms with Crippen LogP contribution in [-0.2, 0) is 13.0 Å². The molecule has 0 spiro atoms. The number of halogens is 1. The molecule has 2 aromatic carbocycles. The summed E-state index contributed by atoms with van der Waals surface area (Å²) in [5.41, 5.74) is 4.15. The second kappa shape index (κ2) is 5.56. The van der Waals surface area contributed by atoms with Crippen LogP contribution < -0.4 is 5.32 Å². The van der Waals surface area contributed by atoms with Gasteiger partial charge in [-0.2, -0.15) is 0 Å². The van der Waals surface area contributed by atoms with E-state index in [9.17, 15) is 4.39 Å². The number of aryl methyl sites for hydroxylation is 2. The van der Waals surface area contributed by atoms with Gasteiger partial charge in [0.05, 0.1) is 0 Å². The molecular weight excluding hydrogens is 267 g/mol. The number of aromatic nitrogens is 1. The highest BCUT2D eigenvalue weighted by molar-refractivity contribution is 5.77. The molecule has 3 aromatic rings. The minimum atomic E-state index is -0.172. The molecule has 0 unspecified atom stereocenters. The number of hydrogen-bond donors (Lipinski definition) is 1. The first-order valence-electron chi connectivity index (χ1n) is 7.04. The van der Waals surface area contributed by atoms with Crippen molar-refractivity contribution in [2.45, 2.75) is 26.8 Å². The molecule has 108 valence electrons. The third-order valence-corrected chi connectivity index (χ3v) is 3.47. The first-order valence-corrected chi connectivity index (χ1v) is 7.04. The minimum absolute atomic E-state index is 0.172. The molecule has 1 aromatic heterocycles. The predicted octanol–water partition coefficient (Wildman–Crippen LogP) is 4.45. The Hall–Kier alpha value is -2.36. The van der Waals surface area contributed by atoms with Crippen molar-refractivity contribution in [1.29, 1.82) is 0 Å². The summed E-state index contributed by atoms with van der Waals surface area (Å²) in [4.78, 5) is 4.41. The number of oxazole rings is 1. The van der Waals surface area contributed by atoms with Gasteiger partial charge in [-0.1, -0.05) is 19.1 Å². The van der Waals surface area contributed by atoms with Crippen LogP contribution in [-0.4, -0.2) is 4.98 Å². The third-order valence-electron chi connectivity index (χ3n) is 3.47. The Morgan fingerprint density at radius 3 is 2.81 bits per heavy atom. The number of benzene rings is 2. The fourth-order valence-electron chi connectivity index (χ4n) is 2.19. The van der Waals surface area contributed by atoms with E-state index < -0.39 is 0 Å². The van der Waals surface area contributed by atoms with Gasteiger partial charge in [0.25, 0.3) is 0 Å². The van der Waals surface area contributed by atoms with Gasteiger partial charge in [0, 0.05) is 18.7 Å². The Morgan fingerprint density at radius 1 is 1.19 bits per heavy atom. The first kappa shape index (κ1) is 13.6. The molecule has 0 radical (unpaired) electrons. The lowest BCUT2D eigenvalue weighted by Crippen LogP contribution is -2.00. The van der Waals surface area contributed by atoms with Crippen LogP contribution in [0.3, 0.4) is 0 Å². The summed E-state index contributed by atoms with van der Waals surface area (Å²) >= 11 is 0. The van der Waals surface area contributed by atoms with Crippen LogP contribution in [0.1, 0.15) is 23.9 Å². The van der Waals surface area contributed by atoms with E-state index in [2.05, 4.69) is 10.3 Å². The summed E-state index contributed by atoms with van der Waals surface area (Å²) in [5.74, 6) is 0.566. The SMILES string of the molecule is CCc1nc2cc(NCc3ccc(C)c(F)c3)ccc2o1. The molecule has 0 atom stereocenters. The number of anilines is 1.